The number of anilines is 2. The predicted molar refractivity (Wildman–Crippen MR) is 74.1 cm³/mol. The Hall–Kier alpha value is -1.75. The molecule has 0 radical (unpaired) electrons. The largest absolute Gasteiger partial charge is 0.397 e. The first kappa shape index (κ1) is 12.3. The Bertz CT molecular complexity index is 503. The molecule has 0 bridgehead atoms. The van der Waals surface area contributed by atoms with Gasteiger partial charge in [0.05, 0.1) is 30.1 Å². The van der Waals surface area contributed by atoms with Gasteiger partial charge in [-0.3, -0.25) is 4.79 Å². The summed E-state index contributed by atoms with van der Waals surface area (Å²) < 4.78 is 5.80. The van der Waals surface area contributed by atoms with Crippen LogP contribution in [0.25, 0.3) is 0 Å². The van der Waals surface area contributed by atoms with E-state index in [4.69, 9.17) is 16.2 Å². The maximum absolute atomic E-state index is 11.3. The van der Waals surface area contributed by atoms with E-state index in [1.807, 2.05) is 0 Å². The first-order valence-electron chi connectivity index (χ1n) is 6.74. The Morgan fingerprint density at radius 3 is 3.00 bits per heavy atom. The zero-order valence-corrected chi connectivity index (χ0v) is 10.8. The highest BCUT2D eigenvalue weighted by atomic mass is 16.5. The number of nitrogens with two attached hydrogens (primary N) is 2. The van der Waals surface area contributed by atoms with Crippen molar-refractivity contribution in [3.05, 3.63) is 23.8 Å². The van der Waals surface area contributed by atoms with Gasteiger partial charge < -0.3 is 21.1 Å². The van der Waals surface area contributed by atoms with Crippen LogP contribution in [-0.2, 0) is 4.74 Å². The van der Waals surface area contributed by atoms with Crippen LogP contribution in [0.1, 0.15) is 29.6 Å². The summed E-state index contributed by atoms with van der Waals surface area (Å²) in [7, 11) is 0. The van der Waals surface area contributed by atoms with Gasteiger partial charge in [-0.05, 0) is 37.5 Å². The fourth-order valence-corrected chi connectivity index (χ4v) is 3.17. The van der Waals surface area contributed by atoms with Crippen molar-refractivity contribution in [1.29, 1.82) is 0 Å². The second-order valence-corrected chi connectivity index (χ2v) is 5.24. The Kier molecular flexibility index (Phi) is 3.06. The van der Waals surface area contributed by atoms with E-state index in [0.29, 0.717) is 30.0 Å². The number of nitrogens with zero attached hydrogens (tertiary/aromatic N) is 1. The van der Waals surface area contributed by atoms with Gasteiger partial charge in [-0.2, -0.15) is 0 Å². The van der Waals surface area contributed by atoms with Crippen molar-refractivity contribution >= 4 is 17.3 Å². The van der Waals surface area contributed by atoms with E-state index < -0.39 is 5.91 Å². The van der Waals surface area contributed by atoms with Crippen molar-refractivity contribution in [3.63, 3.8) is 0 Å². The lowest BCUT2D eigenvalue weighted by Crippen LogP contribution is -2.49. The molecule has 2 atom stereocenters. The number of benzene rings is 1. The summed E-state index contributed by atoms with van der Waals surface area (Å²) in [6, 6.07) is 5.61. The fourth-order valence-electron chi connectivity index (χ4n) is 3.17. The van der Waals surface area contributed by atoms with Crippen LogP contribution in [0, 0.1) is 0 Å². The van der Waals surface area contributed by atoms with Crippen molar-refractivity contribution in [3.8, 4) is 0 Å². The molecule has 1 aliphatic carbocycles. The van der Waals surface area contributed by atoms with Crippen LogP contribution in [-0.4, -0.2) is 31.2 Å². The molecule has 1 aromatic rings. The second-order valence-electron chi connectivity index (χ2n) is 5.24. The van der Waals surface area contributed by atoms with E-state index in [1.165, 1.54) is 6.42 Å². The van der Waals surface area contributed by atoms with Crippen LogP contribution in [0.4, 0.5) is 11.4 Å². The molecular formula is C14H19N3O2. The summed E-state index contributed by atoms with van der Waals surface area (Å²) in [6.45, 7) is 1.52. The van der Waals surface area contributed by atoms with Crippen LogP contribution >= 0.6 is 0 Å². The first-order chi connectivity index (χ1) is 9.16. The number of ether oxygens (including phenoxy) is 1. The van der Waals surface area contributed by atoms with E-state index in [1.54, 1.807) is 18.2 Å². The van der Waals surface area contributed by atoms with Gasteiger partial charge in [-0.25, -0.2) is 0 Å². The van der Waals surface area contributed by atoms with Gasteiger partial charge in [0.25, 0.3) is 0 Å². The quantitative estimate of drug-likeness (QED) is 0.782. The van der Waals surface area contributed by atoms with Gasteiger partial charge in [0, 0.05) is 12.1 Å². The number of primary amides is 1. The molecule has 0 spiro atoms. The standard InChI is InChI=1S/C14H19N3O2/c15-10-5-4-9(14(16)18)8-12(10)17-6-7-19-13-3-1-2-11(13)17/h4-5,8,11,13H,1-3,6-7,15H2,(H2,16,18). The maximum atomic E-state index is 11.3. The van der Waals surface area contributed by atoms with Gasteiger partial charge in [0.2, 0.25) is 5.91 Å². The molecule has 1 saturated carbocycles. The molecule has 1 amide bonds. The molecule has 4 N–H and O–H groups in total. The minimum Gasteiger partial charge on any atom is -0.397 e. The van der Waals surface area contributed by atoms with Crippen LogP contribution in [0.5, 0.6) is 0 Å². The summed E-state index contributed by atoms with van der Waals surface area (Å²) in [5.74, 6) is -0.419. The maximum Gasteiger partial charge on any atom is 0.248 e. The first-order valence-corrected chi connectivity index (χ1v) is 6.74. The third kappa shape index (κ3) is 2.14. The number of fused-ring (bicyclic) bond motifs is 1. The fraction of sp³-hybridized carbons (Fsp3) is 0.500. The third-order valence-electron chi connectivity index (χ3n) is 4.11. The molecule has 3 rings (SSSR count). The van der Waals surface area contributed by atoms with E-state index in [0.717, 1.165) is 25.1 Å². The lowest BCUT2D eigenvalue weighted by atomic mass is 10.1. The average Bonchev–Trinajstić information content (AvgIpc) is 2.87. The number of morpholine rings is 1. The highest BCUT2D eigenvalue weighted by Gasteiger charge is 2.36. The second kappa shape index (κ2) is 4.74. The van der Waals surface area contributed by atoms with Crippen LogP contribution in [0.3, 0.4) is 0 Å². The molecule has 5 heteroatoms. The van der Waals surface area contributed by atoms with Gasteiger partial charge in [-0.15, -0.1) is 0 Å². The average molecular weight is 261 g/mol. The molecule has 2 unspecified atom stereocenters. The SMILES string of the molecule is NC(=O)c1ccc(N)c(N2CCOC3CCCC32)c1. The van der Waals surface area contributed by atoms with E-state index in [9.17, 15) is 4.79 Å². The zero-order chi connectivity index (χ0) is 13.4. The molecule has 0 aromatic heterocycles. The molecule has 5 nitrogen and oxygen atoms in total. The van der Waals surface area contributed by atoms with Crippen molar-refractivity contribution in [1.82, 2.24) is 0 Å². The van der Waals surface area contributed by atoms with Crippen LogP contribution < -0.4 is 16.4 Å². The smallest absolute Gasteiger partial charge is 0.248 e. The normalized spacial score (nSPS) is 26.2. The van der Waals surface area contributed by atoms with E-state index in [-0.39, 0.29) is 0 Å². The number of amides is 1. The number of hydrogen-bond donors (Lipinski definition) is 2. The predicted octanol–water partition coefficient (Wildman–Crippen LogP) is 1.13. The minimum atomic E-state index is -0.419. The Morgan fingerprint density at radius 1 is 1.37 bits per heavy atom. The molecule has 1 heterocycles. The summed E-state index contributed by atoms with van der Waals surface area (Å²) in [5, 5.41) is 0. The number of rotatable bonds is 2. The number of hydrogen-bond acceptors (Lipinski definition) is 4. The lowest BCUT2D eigenvalue weighted by molar-refractivity contribution is 0.0257. The van der Waals surface area contributed by atoms with Gasteiger partial charge in [-0.1, -0.05) is 0 Å². The van der Waals surface area contributed by atoms with E-state index >= 15 is 0 Å². The van der Waals surface area contributed by atoms with Crippen LogP contribution in [0.2, 0.25) is 0 Å². The highest BCUT2D eigenvalue weighted by Crippen LogP contribution is 2.35. The Balaban J connectivity index is 1.96. The highest BCUT2D eigenvalue weighted by molar-refractivity contribution is 5.95. The summed E-state index contributed by atoms with van der Waals surface area (Å²) in [6.07, 6.45) is 3.70. The summed E-state index contributed by atoms with van der Waals surface area (Å²) in [4.78, 5) is 13.6. The van der Waals surface area contributed by atoms with Gasteiger partial charge >= 0.3 is 0 Å². The molecule has 2 aliphatic rings. The summed E-state index contributed by atoms with van der Waals surface area (Å²) in [5.41, 5.74) is 13.5. The van der Waals surface area contributed by atoms with Crippen molar-refractivity contribution < 1.29 is 9.53 Å². The van der Waals surface area contributed by atoms with Crippen molar-refractivity contribution in [2.45, 2.75) is 31.4 Å². The monoisotopic (exact) mass is 261 g/mol. The van der Waals surface area contributed by atoms with Gasteiger partial charge in [0.15, 0.2) is 0 Å². The molecule has 1 aromatic carbocycles. The third-order valence-corrected chi connectivity index (χ3v) is 4.11. The summed E-state index contributed by atoms with van der Waals surface area (Å²) >= 11 is 0. The van der Waals surface area contributed by atoms with Crippen LogP contribution in [0.15, 0.2) is 18.2 Å². The number of carbonyl (C=O) groups is 1. The van der Waals surface area contributed by atoms with Crippen molar-refractivity contribution in [2.24, 2.45) is 5.73 Å². The Labute approximate surface area is 112 Å². The van der Waals surface area contributed by atoms with Crippen molar-refractivity contribution in [2.75, 3.05) is 23.8 Å². The number of carbonyl (C=O) groups excluding carboxylic acids is 1. The molecule has 19 heavy (non-hydrogen) atoms. The van der Waals surface area contributed by atoms with E-state index in [2.05, 4.69) is 4.90 Å². The Morgan fingerprint density at radius 2 is 2.21 bits per heavy atom. The minimum absolute atomic E-state index is 0.297. The lowest BCUT2D eigenvalue weighted by Gasteiger charge is -2.40. The number of nitrogen functional groups attached to an aromatic ring is 1. The molecule has 1 aliphatic heterocycles. The molecular weight excluding hydrogens is 242 g/mol. The zero-order valence-electron chi connectivity index (χ0n) is 10.8. The molecule has 2 fully saturated rings. The molecule has 1 saturated heterocycles. The van der Waals surface area contributed by atoms with Gasteiger partial charge in [0.1, 0.15) is 0 Å². The topological polar surface area (TPSA) is 81.6 Å². The molecule has 102 valence electrons.